The van der Waals surface area contributed by atoms with Gasteiger partial charge in [0.1, 0.15) is 0 Å². The molecule has 10 heavy (non-hydrogen) atoms. The Kier molecular flexibility index (Phi) is 20.7. The Hall–Kier alpha value is 0.557. The minimum absolute atomic E-state index is 0. The van der Waals surface area contributed by atoms with E-state index in [0.717, 1.165) is 0 Å². The number of hydrogen-bond donors (Lipinski definition) is 1. The van der Waals surface area contributed by atoms with Gasteiger partial charge < -0.3 is 12.2 Å². The molecule has 0 aromatic rings. The van der Waals surface area contributed by atoms with E-state index in [0.29, 0.717) is 12.1 Å². The van der Waals surface area contributed by atoms with Crippen LogP contribution in [0.2, 0.25) is 0 Å². The summed E-state index contributed by atoms with van der Waals surface area (Å²) in [7, 11) is 0. The van der Waals surface area contributed by atoms with E-state index in [1.165, 1.54) is 0 Å². The monoisotopic (exact) mass is 137 g/mol. The summed E-state index contributed by atoms with van der Waals surface area (Å²) < 4.78 is 0. The van der Waals surface area contributed by atoms with Crippen LogP contribution < -0.4 is 24.2 Å². The molecule has 0 rings (SSSR count). The summed E-state index contributed by atoms with van der Waals surface area (Å²) in [6.07, 6.45) is 0. The topological polar surface area (TPSA) is 12.0 Å². The molecular weight excluding hydrogens is 117 g/mol. The molecule has 1 N–H and O–H groups in total. The second kappa shape index (κ2) is 12.3. The van der Waals surface area contributed by atoms with Gasteiger partial charge in [-0.05, 0) is 0 Å². The fraction of sp³-hybridized carbons (Fsp3) is 0.875. The van der Waals surface area contributed by atoms with Crippen molar-refractivity contribution in [1.82, 2.24) is 5.32 Å². The van der Waals surface area contributed by atoms with Gasteiger partial charge >= 0.3 is 18.9 Å². The van der Waals surface area contributed by atoms with E-state index in [9.17, 15) is 0 Å². The van der Waals surface area contributed by atoms with Gasteiger partial charge in [-0.1, -0.05) is 27.7 Å². The first kappa shape index (κ1) is 16.9. The molecule has 2 heteroatoms. The van der Waals surface area contributed by atoms with Crippen molar-refractivity contribution in [2.75, 3.05) is 0 Å². The van der Waals surface area contributed by atoms with Crippen LogP contribution in [0.1, 0.15) is 34.6 Å². The summed E-state index contributed by atoms with van der Waals surface area (Å²) >= 11 is 0. The Morgan fingerprint density at radius 3 is 1.10 bits per heavy atom. The van der Waals surface area contributed by atoms with Crippen molar-refractivity contribution in [3.05, 3.63) is 6.92 Å². The van der Waals surface area contributed by atoms with Crippen molar-refractivity contribution in [2.24, 2.45) is 0 Å². The fourth-order valence-corrected chi connectivity index (χ4v) is 0.667. The molecular formula is C8H20LiN. The third-order valence-electron chi connectivity index (χ3n) is 0.667. The maximum atomic E-state index is 3.31. The zero-order chi connectivity index (χ0) is 7.86. The average Bonchev–Trinajstić information content (AvgIpc) is 1.68. The molecule has 0 aliphatic heterocycles. The molecule has 0 aliphatic carbocycles. The number of rotatable bonds is 2. The van der Waals surface area contributed by atoms with Gasteiger partial charge in [0.2, 0.25) is 0 Å². The summed E-state index contributed by atoms with van der Waals surface area (Å²) in [5, 5.41) is 3.31. The summed E-state index contributed by atoms with van der Waals surface area (Å²) in [4.78, 5) is 0. The van der Waals surface area contributed by atoms with Crippen LogP contribution in [0.15, 0.2) is 0 Å². The molecule has 1 nitrogen and oxygen atoms in total. The van der Waals surface area contributed by atoms with Crippen LogP contribution in [0.5, 0.6) is 0 Å². The van der Waals surface area contributed by atoms with Gasteiger partial charge in [-0.3, -0.25) is 0 Å². The Morgan fingerprint density at radius 2 is 1.10 bits per heavy atom. The van der Waals surface area contributed by atoms with E-state index in [4.69, 9.17) is 0 Å². The van der Waals surface area contributed by atoms with E-state index in [1.54, 1.807) is 6.92 Å². The van der Waals surface area contributed by atoms with Crippen LogP contribution in [-0.2, 0) is 0 Å². The van der Waals surface area contributed by atoms with Gasteiger partial charge in [0.05, 0.1) is 0 Å². The average molecular weight is 137 g/mol. The Balaban J connectivity index is -0.000000149. The zero-order valence-corrected chi connectivity index (χ0v) is 8.36. The van der Waals surface area contributed by atoms with Crippen molar-refractivity contribution in [3.8, 4) is 0 Å². The molecule has 0 radical (unpaired) electrons. The number of hydrogen-bond acceptors (Lipinski definition) is 1. The van der Waals surface area contributed by atoms with Gasteiger partial charge in [-0.15, -0.1) is 0 Å². The minimum atomic E-state index is 0. The first-order valence-corrected chi connectivity index (χ1v) is 3.59. The SMILES string of the molecule is CC(C)NC(C)C.[CH2-]C.[Li+]. The molecule has 0 aromatic heterocycles. The first-order valence-electron chi connectivity index (χ1n) is 3.59. The molecule has 0 atom stereocenters. The Bertz CT molecular complexity index is 38.5. The maximum absolute atomic E-state index is 3.31. The van der Waals surface area contributed by atoms with E-state index >= 15 is 0 Å². The van der Waals surface area contributed by atoms with Gasteiger partial charge in [-0.2, -0.15) is 6.92 Å². The van der Waals surface area contributed by atoms with Crippen LogP contribution in [0.3, 0.4) is 0 Å². The van der Waals surface area contributed by atoms with Gasteiger partial charge in [0, 0.05) is 12.1 Å². The molecule has 0 saturated carbocycles. The molecule has 0 unspecified atom stereocenters. The molecule has 0 saturated heterocycles. The van der Waals surface area contributed by atoms with Crippen LogP contribution in [0, 0.1) is 6.92 Å². The third kappa shape index (κ3) is 23.5. The Labute approximate surface area is 78.1 Å². The second-order valence-electron chi connectivity index (χ2n) is 2.48. The largest absolute Gasteiger partial charge is 1.00 e. The number of nitrogens with one attached hydrogen (secondary N) is 1. The summed E-state index contributed by atoms with van der Waals surface area (Å²) in [5.74, 6) is 0. The predicted octanol–water partition coefficient (Wildman–Crippen LogP) is -0.763. The molecule has 0 spiro atoms. The quantitative estimate of drug-likeness (QED) is 0.389. The zero-order valence-electron chi connectivity index (χ0n) is 8.36. The van der Waals surface area contributed by atoms with Crippen molar-refractivity contribution in [1.29, 1.82) is 0 Å². The van der Waals surface area contributed by atoms with Crippen molar-refractivity contribution < 1.29 is 18.9 Å². The van der Waals surface area contributed by atoms with Crippen LogP contribution in [0.4, 0.5) is 0 Å². The predicted molar refractivity (Wildman–Crippen MR) is 44.4 cm³/mol. The van der Waals surface area contributed by atoms with Crippen molar-refractivity contribution in [3.63, 3.8) is 0 Å². The third-order valence-corrected chi connectivity index (χ3v) is 0.667. The van der Waals surface area contributed by atoms with Crippen LogP contribution in [-0.4, -0.2) is 12.1 Å². The normalized spacial score (nSPS) is 8.40. The van der Waals surface area contributed by atoms with Crippen molar-refractivity contribution >= 4 is 0 Å². The molecule has 0 aromatic carbocycles. The smallest absolute Gasteiger partial charge is 0.346 e. The fourth-order valence-electron chi connectivity index (χ4n) is 0.667. The molecule has 0 amide bonds. The van der Waals surface area contributed by atoms with E-state index in [-0.39, 0.29) is 18.9 Å². The minimum Gasteiger partial charge on any atom is -0.346 e. The summed E-state index contributed by atoms with van der Waals surface area (Å²) in [6.45, 7) is 13.6. The molecule has 58 valence electrons. The van der Waals surface area contributed by atoms with Gasteiger partial charge in [0.25, 0.3) is 0 Å². The first-order chi connectivity index (χ1) is 4.13. The van der Waals surface area contributed by atoms with Crippen LogP contribution >= 0.6 is 0 Å². The second-order valence-corrected chi connectivity index (χ2v) is 2.48. The van der Waals surface area contributed by atoms with E-state index < -0.39 is 0 Å². The standard InChI is InChI=1S/C6H15N.C2H5.Li/c1-5(2)7-6(3)4;1-2;/h5-7H,1-4H3;1H2,2H3;/q;-1;+1. The summed E-state index contributed by atoms with van der Waals surface area (Å²) in [5.41, 5.74) is 0. The van der Waals surface area contributed by atoms with Crippen LogP contribution in [0.25, 0.3) is 0 Å². The summed E-state index contributed by atoms with van der Waals surface area (Å²) in [6, 6.07) is 1.25. The van der Waals surface area contributed by atoms with Gasteiger partial charge in [0.15, 0.2) is 0 Å². The van der Waals surface area contributed by atoms with E-state index in [2.05, 4.69) is 39.9 Å². The molecule has 0 bridgehead atoms. The molecule has 0 heterocycles. The molecule has 0 fully saturated rings. The van der Waals surface area contributed by atoms with Gasteiger partial charge in [-0.25, -0.2) is 0 Å². The van der Waals surface area contributed by atoms with Crippen molar-refractivity contribution in [2.45, 2.75) is 46.7 Å². The maximum Gasteiger partial charge on any atom is 1.00 e. The molecule has 0 aliphatic rings. The van der Waals surface area contributed by atoms with E-state index in [1.807, 2.05) is 0 Å². The Morgan fingerprint density at radius 1 is 0.900 bits per heavy atom.